The highest BCUT2D eigenvalue weighted by atomic mass is 16.5. The van der Waals surface area contributed by atoms with Crippen molar-refractivity contribution in [2.45, 2.75) is 6.61 Å². The van der Waals surface area contributed by atoms with Crippen molar-refractivity contribution < 1.29 is 4.74 Å². The van der Waals surface area contributed by atoms with Gasteiger partial charge in [0.15, 0.2) is 0 Å². The highest BCUT2D eigenvalue weighted by molar-refractivity contribution is 5.34. The molecule has 0 aliphatic heterocycles. The summed E-state index contributed by atoms with van der Waals surface area (Å²) < 4.78 is 5.54. The lowest BCUT2D eigenvalue weighted by molar-refractivity contribution is 0.306. The molecule has 0 saturated carbocycles. The summed E-state index contributed by atoms with van der Waals surface area (Å²) in [6.45, 7) is 0.486. The zero-order valence-corrected chi connectivity index (χ0v) is 8.63. The first-order valence-electron chi connectivity index (χ1n) is 4.90. The molecule has 0 bridgehead atoms. The molecule has 2 aromatic rings. The molecule has 78 valence electrons. The standard InChI is InChI=1S/C13H10N2O/c14-8-11-3-5-13(6-4-11)16-10-12-2-1-7-15-9-12/h1-7,9H,10H2. The summed E-state index contributed by atoms with van der Waals surface area (Å²) >= 11 is 0. The molecule has 0 fully saturated rings. The first kappa shape index (κ1) is 10.2. The number of pyridine rings is 1. The molecule has 1 aromatic heterocycles. The third-order valence-electron chi connectivity index (χ3n) is 2.11. The summed E-state index contributed by atoms with van der Waals surface area (Å²) in [7, 11) is 0. The van der Waals surface area contributed by atoms with Crippen molar-refractivity contribution in [3.05, 3.63) is 59.9 Å². The molecule has 3 heteroatoms. The second-order valence-corrected chi connectivity index (χ2v) is 3.29. The molecule has 1 aromatic carbocycles. The van der Waals surface area contributed by atoms with Crippen molar-refractivity contribution in [3.63, 3.8) is 0 Å². The second kappa shape index (κ2) is 4.94. The van der Waals surface area contributed by atoms with Crippen LogP contribution in [0, 0.1) is 11.3 Å². The summed E-state index contributed by atoms with van der Waals surface area (Å²) in [5.74, 6) is 0.753. The Bertz CT molecular complexity index is 486. The van der Waals surface area contributed by atoms with Gasteiger partial charge in [0.2, 0.25) is 0 Å². The molecule has 0 aliphatic carbocycles. The Balaban J connectivity index is 1.98. The van der Waals surface area contributed by atoms with E-state index in [0.717, 1.165) is 11.3 Å². The highest BCUT2D eigenvalue weighted by Crippen LogP contribution is 2.13. The van der Waals surface area contributed by atoms with E-state index in [1.807, 2.05) is 12.1 Å². The zero-order valence-electron chi connectivity index (χ0n) is 8.63. The Hall–Kier alpha value is -2.34. The van der Waals surface area contributed by atoms with E-state index in [2.05, 4.69) is 11.1 Å². The summed E-state index contributed by atoms with van der Waals surface area (Å²) in [4.78, 5) is 4.00. The smallest absolute Gasteiger partial charge is 0.119 e. The molecule has 2 rings (SSSR count). The molecular formula is C13H10N2O. The first-order valence-corrected chi connectivity index (χ1v) is 4.90. The van der Waals surface area contributed by atoms with Gasteiger partial charge in [0, 0.05) is 18.0 Å². The van der Waals surface area contributed by atoms with Crippen LogP contribution in [0.5, 0.6) is 5.75 Å². The van der Waals surface area contributed by atoms with Crippen LogP contribution in [0.25, 0.3) is 0 Å². The Kier molecular flexibility index (Phi) is 3.15. The van der Waals surface area contributed by atoms with E-state index >= 15 is 0 Å². The minimum absolute atomic E-state index is 0.486. The third-order valence-corrected chi connectivity index (χ3v) is 2.11. The fourth-order valence-electron chi connectivity index (χ4n) is 1.28. The van der Waals surface area contributed by atoms with E-state index in [0.29, 0.717) is 12.2 Å². The number of rotatable bonds is 3. The monoisotopic (exact) mass is 210 g/mol. The van der Waals surface area contributed by atoms with E-state index in [4.69, 9.17) is 10.00 Å². The minimum Gasteiger partial charge on any atom is -0.489 e. The van der Waals surface area contributed by atoms with Crippen LogP contribution in [0.15, 0.2) is 48.8 Å². The van der Waals surface area contributed by atoms with Crippen LogP contribution in [0.2, 0.25) is 0 Å². The van der Waals surface area contributed by atoms with Crippen molar-refractivity contribution in [3.8, 4) is 11.8 Å². The van der Waals surface area contributed by atoms with Gasteiger partial charge in [0.05, 0.1) is 11.6 Å². The number of hydrogen-bond donors (Lipinski definition) is 0. The first-order chi connectivity index (χ1) is 7.88. The predicted octanol–water partition coefficient (Wildman–Crippen LogP) is 2.53. The number of hydrogen-bond acceptors (Lipinski definition) is 3. The number of nitrogens with zero attached hydrogens (tertiary/aromatic N) is 2. The zero-order chi connectivity index (χ0) is 11.2. The molecule has 0 amide bonds. The van der Waals surface area contributed by atoms with Gasteiger partial charge in [-0.15, -0.1) is 0 Å². The normalized spacial score (nSPS) is 9.44. The maximum absolute atomic E-state index is 8.64. The van der Waals surface area contributed by atoms with Crippen LogP contribution >= 0.6 is 0 Å². The molecule has 0 spiro atoms. The predicted molar refractivity (Wildman–Crippen MR) is 59.7 cm³/mol. The number of ether oxygens (including phenoxy) is 1. The number of aromatic nitrogens is 1. The average Bonchev–Trinajstić information content (AvgIpc) is 2.38. The Morgan fingerprint density at radius 2 is 2.00 bits per heavy atom. The molecule has 1 heterocycles. The minimum atomic E-state index is 0.486. The SMILES string of the molecule is N#Cc1ccc(OCc2cccnc2)cc1. The van der Waals surface area contributed by atoms with Crippen molar-refractivity contribution >= 4 is 0 Å². The lowest BCUT2D eigenvalue weighted by Crippen LogP contribution is -1.95. The number of benzene rings is 1. The maximum atomic E-state index is 8.64. The molecule has 0 saturated heterocycles. The molecule has 0 radical (unpaired) electrons. The van der Waals surface area contributed by atoms with Crippen LogP contribution in [0.4, 0.5) is 0 Å². The van der Waals surface area contributed by atoms with E-state index in [9.17, 15) is 0 Å². The molecule has 16 heavy (non-hydrogen) atoms. The second-order valence-electron chi connectivity index (χ2n) is 3.29. The lowest BCUT2D eigenvalue weighted by atomic mass is 10.2. The van der Waals surface area contributed by atoms with Crippen molar-refractivity contribution in [2.75, 3.05) is 0 Å². The molecule has 0 atom stereocenters. The van der Waals surface area contributed by atoms with E-state index in [1.54, 1.807) is 36.7 Å². The summed E-state index contributed by atoms with van der Waals surface area (Å²) in [6.07, 6.45) is 3.49. The quantitative estimate of drug-likeness (QED) is 0.782. The Labute approximate surface area is 93.9 Å². The fourth-order valence-corrected chi connectivity index (χ4v) is 1.28. The van der Waals surface area contributed by atoms with Gasteiger partial charge in [-0.05, 0) is 30.3 Å². The van der Waals surface area contributed by atoms with Gasteiger partial charge in [-0.1, -0.05) is 6.07 Å². The van der Waals surface area contributed by atoms with Crippen LogP contribution < -0.4 is 4.74 Å². The average molecular weight is 210 g/mol. The van der Waals surface area contributed by atoms with Crippen LogP contribution in [-0.4, -0.2) is 4.98 Å². The van der Waals surface area contributed by atoms with Gasteiger partial charge in [-0.2, -0.15) is 5.26 Å². The molecule has 0 unspecified atom stereocenters. The molecule has 0 N–H and O–H groups in total. The third kappa shape index (κ3) is 2.58. The Morgan fingerprint density at radius 1 is 1.19 bits per heavy atom. The largest absolute Gasteiger partial charge is 0.489 e. The molecular weight excluding hydrogens is 200 g/mol. The van der Waals surface area contributed by atoms with Gasteiger partial charge < -0.3 is 4.74 Å². The Morgan fingerprint density at radius 3 is 2.62 bits per heavy atom. The molecule has 3 nitrogen and oxygen atoms in total. The van der Waals surface area contributed by atoms with Crippen molar-refractivity contribution in [1.82, 2.24) is 4.98 Å². The molecule has 0 aliphatic rings. The van der Waals surface area contributed by atoms with Crippen molar-refractivity contribution in [1.29, 1.82) is 5.26 Å². The van der Waals surface area contributed by atoms with Crippen LogP contribution in [0.3, 0.4) is 0 Å². The van der Waals surface area contributed by atoms with Gasteiger partial charge in [-0.25, -0.2) is 0 Å². The van der Waals surface area contributed by atoms with Crippen molar-refractivity contribution in [2.24, 2.45) is 0 Å². The topological polar surface area (TPSA) is 45.9 Å². The fraction of sp³-hybridized carbons (Fsp3) is 0.0769. The maximum Gasteiger partial charge on any atom is 0.119 e. The van der Waals surface area contributed by atoms with Gasteiger partial charge in [0.1, 0.15) is 12.4 Å². The van der Waals surface area contributed by atoms with E-state index in [1.165, 1.54) is 0 Å². The van der Waals surface area contributed by atoms with Gasteiger partial charge >= 0.3 is 0 Å². The van der Waals surface area contributed by atoms with Gasteiger partial charge in [0.25, 0.3) is 0 Å². The van der Waals surface area contributed by atoms with Crippen LogP contribution in [0.1, 0.15) is 11.1 Å². The van der Waals surface area contributed by atoms with E-state index in [-0.39, 0.29) is 0 Å². The summed E-state index contributed by atoms with van der Waals surface area (Å²) in [6, 6.07) is 12.9. The highest BCUT2D eigenvalue weighted by Gasteiger charge is 1.96. The van der Waals surface area contributed by atoms with Gasteiger partial charge in [-0.3, -0.25) is 4.98 Å². The number of nitriles is 1. The summed E-state index contributed by atoms with van der Waals surface area (Å²) in [5, 5.41) is 8.64. The van der Waals surface area contributed by atoms with Crippen LogP contribution in [-0.2, 0) is 6.61 Å². The lowest BCUT2D eigenvalue weighted by Gasteiger charge is -2.05. The summed E-state index contributed by atoms with van der Waals surface area (Å²) in [5.41, 5.74) is 1.65. The van der Waals surface area contributed by atoms with E-state index < -0.39 is 0 Å².